The maximum absolute atomic E-state index is 12.6. The summed E-state index contributed by atoms with van der Waals surface area (Å²) in [7, 11) is 0. The molecule has 1 amide bonds. The number of carbonyl (C=O) groups excluding carboxylic acids is 1. The van der Waals surface area contributed by atoms with Gasteiger partial charge >= 0.3 is 0 Å². The molecule has 0 aliphatic heterocycles. The molecule has 3 aromatic rings. The smallest absolute Gasteiger partial charge is 0.255 e. The van der Waals surface area contributed by atoms with Crippen LogP contribution in [0.25, 0.3) is 0 Å². The van der Waals surface area contributed by atoms with Crippen molar-refractivity contribution in [1.29, 1.82) is 0 Å². The van der Waals surface area contributed by atoms with Crippen molar-refractivity contribution in [2.24, 2.45) is 0 Å². The van der Waals surface area contributed by atoms with Crippen molar-refractivity contribution in [3.63, 3.8) is 0 Å². The van der Waals surface area contributed by atoms with Crippen LogP contribution in [0.3, 0.4) is 0 Å². The fraction of sp³-hybridized carbons (Fsp3) is 0.174. The summed E-state index contributed by atoms with van der Waals surface area (Å²) in [6.07, 6.45) is 0. The first-order chi connectivity index (χ1) is 13.5. The molecule has 0 unspecified atom stereocenters. The minimum atomic E-state index is -0.159. The summed E-state index contributed by atoms with van der Waals surface area (Å²) in [4.78, 5) is 12.6. The predicted molar refractivity (Wildman–Crippen MR) is 115 cm³/mol. The molecule has 0 aliphatic rings. The number of hydrogen-bond donors (Lipinski definition) is 1. The molecular weight excluding hydrogens is 418 g/mol. The van der Waals surface area contributed by atoms with Crippen molar-refractivity contribution in [2.75, 3.05) is 18.5 Å². The van der Waals surface area contributed by atoms with E-state index in [-0.39, 0.29) is 5.91 Å². The van der Waals surface area contributed by atoms with Crippen LogP contribution in [0.1, 0.15) is 21.5 Å². The maximum Gasteiger partial charge on any atom is 0.255 e. The number of amides is 1. The SMILES string of the molecule is Cc1cccc(NC(=O)c2ccc(OCCOc3ccccc3)c(Br)c2)c1C. The summed E-state index contributed by atoms with van der Waals surface area (Å²) in [5, 5.41) is 2.96. The Morgan fingerprint density at radius 2 is 1.68 bits per heavy atom. The van der Waals surface area contributed by atoms with Gasteiger partial charge in [0.15, 0.2) is 0 Å². The average molecular weight is 440 g/mol. The van der Waals surface area contributed by atoms with E-state index in [9.17, 15) is 4.79 Å². The van der Waals surface area contributed by atoms with Crippen LogP contribution in [0, 0.1) is 13.8 Å². The minimum Gasteiger partial charge on any atom is -0.490 e. The number of rotatable bonds is 7. The molecule has 0 aromatic heterocycles. The molecule has 0 fully saturated rings. The standard InChI is InChI=1S/C23H22BrNO3/c1-16-7-6-10-21(17(16)2)25-23(26)18-11-12-22(20(24)15-18)28-14-13-27-19-8-4-3-5-9-19/h3-12,15H,13-14H2,1-2H3,(H,25,26). The molecule has 0 radical (unpaired) electrons. The van der Waals surface area contributed by atoms with Crippen LogP contribution in [0.5, 0.6) is 11.5 Å². The Labute approximate surface area is 173 Å². The molecule has 0 heterocycles. The second-order valence-corrected chi connectivity index (χ2v) is 7.21. The highest BCUT2D eigenvalue weighted by Crippen LogP contribution is 2.27. The average Bonchev–Trinajstić information content (AvgIpc) is 2.70. The van der Waals surface area contributed by atoms with Gasteiger partial charge < -0.3 is 14.8 Å². The quantitative estimate of drug-likeness (QED) is 0.474. The molecule has 0 spiro atoms. The van der Waals surface area contributed by atoms with E-state index in [1.165, 1.54) is 0 Å². The molecule has 5 heteroatoms. The highest BCUT2D eigenvalue weighted by molar-refractivity contribution is 9.10. The van der Waals surface area contributed by atoms with Gasteiger partial charge in [-0.1, -0.05) is 30.3 Å². The van der Waals surface area contributed by atoms with Crippen molar-refractivity contribution in [3.05, 3.63) is 87.9 Å². The first-order valence-electron chi connectivity index (χ1n) is 9.02. The van der Waals surface area contributed by atoms with Crippen LogP contribution in [0.15, 0.2) is 71.2 Å². The first-order valence-corrected chi connectivity index (χ1v) is 9.81. The number of anilines is 1. The van der Waals surface area contributed by atoms with E-state index < -0.39 is 0 Å². The van der Waals surface area contributed by atoms with Crippen LogP contribution in [0.2, 0.25) is 0 Å². The lowest BCUT2D eigenvalue weighted by atomic mass is 10.1. The van der Waals surface area contributed by atoms with Gasteiger partial charge in [0.1, 0.15) is 24.7 Å². The second kappa shape index (κ2) is 9.42. The first kappa shape index (κ1) is 20.0. The Balaban J connectivity index is 1.57. The van der Waals surface area contributed by atoms with Gasteiger partial charge in [0.25, 0.3) is 5.91 Å². The number of halogens is 1. The molecule has 0 saturated heterocycles. The zero-order valence-electron chi connectivity index (χ0n) is 15.9. The lowest BCUT2D eigenvalue weighted by Crippen LogP contribution is -2.13. The second-order valence-electron chi connectivity index (χ2n) is 6.36. The van der Waals surface area contributed by atoms with Gasteiger partial charge in [0, 0.05) is 11.3 Å². The van der Waals surface area contributed by atoms with E-state index >= 15 is 0 Å². The van der Waals surface area contributed by atoms with Crippen LogP contribution < -0.4 is 14.8 Å². The lowest BCUT2D eigenvalue weighted by molar-refractivity contribution is 0.102. The van der Waals surface area contributed by atoms with Gasteiger partial charge in [-0.2, -0.15) is 0 Å². The molecule has 3 rings (SSSR count). The summed E-state index contributed by atoms with van der Waals surface area (Å²) in [6.45, 7) is 4.86. The molecule has 144 valence electrons. The van der Waals surface area contributed by atoms with E-state index in [0.717, 1.165) is 27.0 Å². The van der Waals surface area contributed by atoms with Crippen molar-refractivity contribution >= 4 is 27.5 Å². The largest absolute Gasteiger partial charge is 0.490 e. The molecule has 28 heavy (non-hydrogen) atoms. The number of para-hydroxylation sites is 1. The number of ether oxygens (including phenoxy) is 2. The molecule has 1 N–H and O–H groups in total. The van der Waals surface area contributed by atoms with Gasteiger partial charge in [0.2, 0.25) is 0 Å². The topological polar surface area (TPSA) is 47.6 Å². The number of nitrogens with one attached hydrogen (secondary N) is 1. The molecular formula is C23H22BrNO3. The Kier molecular flexibility index (Phi) is 6.71. The van der Waals surface area contributed by atoms with Crippen LogP contribution in [-0.2, 0) is 0 Å². The van der Waals surface area contributed by atoms with Gasteiger partial charge in [-0.3, -0.25) is 4.79 Å². The fourth-order valence-electron chi connectivity index (χ4n) is 2.67. The van der Waals surface area contributed by atoms with Crippen LogP contribution in [-0.4, -0.2) is 19.1 Å². The number of hydrogen-bond acceptors (Lipinski definition) is 3. The van der Waals surface area contributed by atoms with E-state index in [4.69, 9.17) is 9.47 Å². The summed E-state index contributed by atoms with van der Waals surface area (Å²) < 4.78 is 12.1. The summed E-state index contributed by atoms with van der Waals surface area (Å²) >= 11 is 3.48. The van der Waals surface area contributed by atoms with Crippen molar-refractivity contribution in [1.82, 2.24) is 0 Å². The van der Waals surface area contributed by atoms with Gasteiger partial charge in [-0.15, -0.1) is 0 Å². The molecule has 4 nitrogen and oxygen atoms in total. The van der Waals surface area contributed by atoms with Crippen molar-refractivity contribution < 1.29 is 14.3 Å². The third-order valence-electron chi connectivity index (χ3n) is 4.40. The Hall–Kier alpha value is -2.79. The molecule has 0 saturated carbocycles. The molecule has 0 aliphatic carbocycles. The highest BCUT2D eigenvalue weighted by Gasteiger charge is 2.11. The highest BCUT2D eigenvalue weighted by atomic mass is 79.9. The van der Waals surface area contributed by atoms with Crippen molar-refractivity contribution in [3.8, 4) is 11.5 Å². The Morgan fingerprint density at radius 3 is 2.43 bits per heavy atom. The number of benzene rings is 3. The Bertz CT molecular complexity index is 957. The van der Waals surface area contributed by atoms with E-state index in [0.29, 0.717) is 24.5 Å². The Morgan fingerprint density at radius 1 is 0.929 bits per heavy atom. The normalized spacial score (nSPS) is 10.4. The third kappa shape index (κ3) is 5.14. The van der Waals surface area contributed by atoms with Crippen molar-refractivity contribution in [2.45, 2.75) is 13.8 Å². The summed E-state index contributed by atoms with van der Waals surface area (Å²) in [6, 6.07) is 20.7. The van der Waals surface area contributed by atoms with Crippen LogP contribution in [0.4, 0.5) is 5.69 Å². The van der Waals surface area contributed by atoms with Gasteiger partial charge in [-0.05, 0) is 77.3 Å². The zero-order chi connectivity index (χ0) is 19.9. The molecule has 3 aromatic carbocycles. The van der Waals surface area contributed by atoms with E-state index in [1.807, 2.05) is 62.4 Å². The third-order valence-corrected chi connectivity index (χ3v) is 5.02. The van der Waals surface area contributed by atoms with Gasteiger partial charge in [-0.25, -0.2) is 0 Å². The summed E-state index contributed by atoms with van der Waals surface area (Å²) in [5.74, 6) is 1.32. The predicted octanol–water partition coefficient (Wildman–Crippen LogP) is 5.78. The zero-order valence-corrected chi connectivity index (χ0v) is 17.5. The van der Waals surface area contributed by atoms with Crippen LogP contribution >= 0.6 is 15.9 Å². The lowest BCUT2D eigenvalue weighted by Gasteiger charge is -2.12. The fourth-order valence-corrected chi connectivity index (χ4v) is 3.16. The van der Waals surface area contributed by atoms with Gasteiger partial charge in [0.05, 0.1) is 4.47 Å². The minimum absolute atomic E-state index is 0.159. The van der Waals surface area contributed by atoms with E-state index in [1.54, 1.807) is 18.2 Å². The molecule has 0 atom stereocenters. The maximum atomic E-state index is 12.6. The summed E-state index contributed by atoms with van der Waals surface area (Å²) in [5.41, 5.74) is 3.58. The monoisotopic (exact) mass is 439 g/mol. The number of aryl methyl sites for hydroxylation is 1. The molecule has 0 bridgehead atoms. The van der Waals surface area contributed by atoms with E-state index in [2.05, 4.69) is 21.2 Å². The number of carbonyl (C=O) groups is 1.